The fourth-order valence-corrected chi connectivity index (χ4v) is 7.04. The number of fused-ring (bicyclic) bond motifs is 4. The molecule has 1 aromatic heterocycles. The fraction of sp³-hybridized carbons (Fsp3) is 0.250. The Bertz CT molecular complexity index is 1510. The van der Waals surface area contributed by atoms with Gasteiger partial charge in [-0.05, 0) is 52.7 Å². The zero-order chi connectivity index (χ0) is 24.9. The highest BCUT2D eigenvalue weighted by molar-refractivity contribution is 7.80. The number of hydrogen-bond donors (Lipinski definition) is 1. The van der Waals surface area contributed by atoms with Crippen LogP contribution in [0, 0.1) is 0 Å². The molecule has 1 fully saturated rings. The van der Waals surface area contributed by atoms with Gasteiger partial charge in [0, 0.05) is 22.8 Å². The van der Waals surface area contributed by atoms with Crippen LogP contribution in [0.3, 0.4) is 0 Å². The number of carbonyl (C=O) groups is 2. The Hall–Kier alpha value is -3.29. The van der Waals surface area contributed by atoms with Gasteiger partial charge in [-0.2, -0.15) is 0 Å². The smallest absolute Gasteiger partial charge is 0.265 e. The van der Waals surface area contributed by atoms with Gasteiger partial charge < -0.3 is 4.90 Å². The number of thiocarbonyl (C=S) groups is 1. The van der Waals surface area contributed by atoms with E-state index in [2.05, 4.69) is 86.4 Å². The first-order valence-corrected chi connectivity index (χ1v) is 12.8. The van der Waals surface area contributed by atoms with Gasteiger partial charge in [0.25, 0.3) is 11.8 Å². The molecule has 1 saturated heterocycles. The van der Waals surface area contributed by atoms with Crippen LogP contribution in [0.5, 0.6) is 0 Å². The van der Waals surface area contributed by atoms with Gasteiger partial charge in [0.15, 0.2) is 5.11 Å². The Morgan fingerprint density at radius 3 is 2.26 bits per heavy atom. The standard InChI is InChI=1S/C28H25N3O2S2/c1-27(2)17-9-6-7-12-21(17)31-22-18(27)10-8-11-19(22)28(3,4)20-14-15(35-25(20)31)13-16-23(32)29-26(34)30(5)24(16)33/h6-14H,1-5H3,(H,29,32,34)/b16-13-. The van der Waals surface area contributed by atoms with Crippen LogP contribution >= 0.6 is 23.6 Å². The average Bonchev–Trinajstić information content (AvgIpc) is 3.25. The average molecular weight is 500 g/mol. The van der Waals surface area contributed by atoms with Gasteiger partial charge >= 0.3 is 0 Å². The van der Waals surface area contributed by atoms with Crippen LogP contribution in [0.4, 0.5) is 16.4 Å². The molecule has 2 amide bonds. The van der Waals surface area contributed by atoms with Crippen LogP contribution < -0.4 is 10.2 Å². The first-order valence-electron chi connectivity index (χ1n) is 11.6. The maximum Gasteiger partial charge on any atom is 0.265 e. The maximum absolute atomic E-state index is 12.8. The van der Waals surface area contributed by atoms with Crippen molar-refractivity contribution in [1.82, 2.24) is 10.2 Å². The molecular formula is C28H25N3O2S2. The van der Waals surface area contributed by atoms with Gasteiger partial charge in [-0.15, -0.1) is 11.3 Å². The number of carbonyl (C=O) groups excluding carboxylic acids is 2. The van der Waals surface area contributed by atoms with Crippen molar-refractivity contribution in [3.63, 3.8) is 0 Å². The Kier molecular flexibility index (Phi) is 4.51. The Morgan fingerprint density at radius 1 is 0.914 bits per heavy atom. The lowest BCUT2D eigenvalue weighted by Crippen LogP contribution is -2.52. The number of likely N-dealkylation sites (N-methyl/N-ethyl adjacent to an activating group) is 1. The van der Waals surface area contributed by atoms with Crippen LogP contribution in [0.1, 0.15) is 54.8 Å². The molecule has 4 heterocycles. The van der Waals surface area contributed by atoms with Crippen LogP contribution in [0.25, 0.3) is 6.08 Å². The number of amides is 2. The SMILES string of the molecule is CN1C(=O)/C(=C\c2cc3c(s2)N2c4ccccc4C(C)(C)c4cccc(c42)C3(C)C)C(=O)NC1=S. The summed E-state index contributed by atoms with van der Waals surface area (Å²) in [7, 11) is 1.57. The van der Waals surface area contributed by atoms with Crippen molar-refractivity contribution < 1.29 is 9.59 Å². The third kappa shape index (κ3) is 2.88. The molecule has 5 nitrogen and oxygen atoms in total. The van der Waals surface area contributed by atoms with Crippen molar-refractivity contribution in [3.05, 3.63) is 81.2 Å². The van der Waals surface area contributed by atoms with Crippen molar-refractivity contribution in [2.45, 2.75) is 38.5 Å². The highest BCUT2D eigenvalue weighted by Gasteiger charge is 2.46. The molecule has 0 radical (unpaired) electrons. The van der Waals surface area contributed by atoms with Crippen LogP contribution in [0.2, 0.25) is 0 Å². The fourth-order valence-electron chi connectivity index (χ4n) is 5.58. The lowest BCUT2D eigenvalue weighted by molar-refractivity contribution is -0.128. The van der Waals surface area contributed by atoms with E-state index in [1.54, 1.807) is 24.5 Å². The monoisotopic (exact) mass is 499 g/mol. The zero-order valence-electron chi connectivity index (χ0n) is 20.2. The number of anilines is 3. The number of para-hydroxylation sites is 2. The summed E-state index contributed by atoms with van der Waals surface area (Å²) < 4.78 is 0. The molecular weight excluding hydrogens is 474 g/mol. The topological polar surface area (TPSA) is 52.7 Å². The highest BCUT2D eigenvalue weighted by Crippen LogP contribution is 2.61. The summed E-state index contributed by atoms with van der Waals surface area (Å²) in [6, 6.07) is 17.3. The summed E-state index contributed by atoms with van der Waals surface area (Å²) in [5, 5.41) is 3.85. The van der Waals surface area contributed by atoms with Crippen molar-refractivity contribution in [2.75, 3.05) is 11.9 Å². The van der Waals surface area contributed by atoms with E-state index in [1.807, 2.05) is 0 Å². The van der Waals surface area contributed by atoms with Gasteiger partial charge in [0.2, 0.25) is 0 Å². The van der Waals surface area contributed by atoms with E-state index in [4.69, 9.17) is 12.2 Å². The lowest BCUT2D eigenvalue weighted by atomic mass is 9.67. The van der Waals surface area contributed by atoms with Crippen molar-refractivity contribution in [1.29, 1.82) is 0 Å². The lowest BCUT2D eigenvalue weighted by Gasteiger charge is -2.48. The van der Waals surface area contributed by atoms with Crippen LogP contribution in [0.15, 0.2) is 54.1 Å². The van der Waals surface area contributed by atoms with E-state index in [9.17, 15) is 9.59 Å². The predicted octanol–water partition coefficient (Wildman–Crippen LogP) is 5.75. The van der Waals surface area contributed by atoms with Gasteiger partial charge in [0.05, 0.1) is 11.4 Å². The summed E-state index contributed by atoms with van der Waals surface area (Å²) in [4.78, 5) is 30.0. The third-order valence-corrected chi connectivity index (χ3v) is 9.07. The second-order valence-electron chi connectivity index (χ2n) is 10.4. The van der Waals surface area contributed by atoms with Crippen molar-refractivity contribution in [3.8, 4) is 0 Å². The van der Waals surface area contributed by atoms with Crippen molar-refractivity contribution in [2.24, 2.45) is 0 Å². The Labute approximate surface area is 214 Å². The normalized spacial score (nSPS) is 20.4. The largest absolute Gasteiger partial charge is 0.301 e. The van der Waals surface area contributed by atoms with Gasteiger partial charge in [-0.25, -0.2) is 0 Å². The summed E-state index contributed by atoms with van der Waals surface area (Å²) in [6.07, 6.45) is 1.69. The first kappa shape index (κ1) is 22.2. The van der Waals surface area contributed by atoms with Crippen molar-refractivity contribution >= 4 is 62.9 Å². The summed E-state index contributed by atoms with van der Waals surface area (Å²) in [5.41, 5.74) is 7.17. The van der Waals surface area contributed by atoms with Gasteiger partial charge in [-0.1, -0.05) is 64.1 Å². The summed E-state index contributed by atoms with van der Waals surface area (Å²) in [5.74, 6) is -0.848. The van der Waals surface area contributed by atoms with E-state index in [-0.39, 0.29) is 27.4 Å². The molecule has 0 spiro atoms. The molecule has 35 heavy (non-hydrogen) atoms. The number of benzene rings is 2. The van der Waals surface area contributed by atoms with E-state index in [1.165, 1.54) is 38.5 Å². The number of rotatable bonds is 1. The second kappa shape index (κ2) is 7.12. The Morgan fingerprint density at radius 2 is 1.54 bits per heavy atom. The van der Waals surface area contributed by atoms with E-state index in [0.717, 1.165) is 9.88 Å². The molecule has 3 aliphatic rings. The maximum atomic E-state index is 12.8. The molecule has 1 N–H and O–H groups in total. The molecule has 0 atom stereocenters. The number of thiophene rings is 1. The van der Waals surface area contributed by atoms with Crippen LogP contribution in [-0.2, 0) is 20.4 Å². The Balaban J connectivity index is 1.59. The quantitative estimate of drug-likeness (QED) is 0.263. The number of nitrogens with zero attached hydrogens (tertiary/aromatic N) is 2. The van der Waals surface area contributed by atoms with Crippen LogP contribution in [-0.4, -0.2) is 28.9 Å². The summed E-state index contributed by atoms with van der Waals surface area (Å²) in [6.45, 7) is 9.08. The minimum Gasteiger partial charge on any atom is -0.301 e. The molecule has 176 valence electrons. The first-order chi connectivity index (χ1) is 16.5. The molecule has 0 saturated carbocycles. The molecule has 0 unspecified atom stereocenters. The van der Waals surface area contributed by atoms with Gasteiger partial charge in [0.1, 0.15) is 10.6 Å². The van der Waals surface area contributed by atoms with Gasteiger partial charge in [-0.3, -0.25) is 19.8 Å². The molecule has 2 aromatic carbocycles. The molecule has 3 aliphatic heterocycles. The number of nitrogens with one attached hydrogen (secondary N) is 1. The molecule has 7 heteroatoms. The third-order valence-electron chi connectivity index (χ3n) is 7.62. The zero-order valence-corrected chi connectivity index (χ0v) is 21.9. The van der Waals surface area contributed by atoms with E-state index < -0.39 is 5.91 Å². The predicted molar refractivity (Wildman–Crippen MR) is 145 cm³/mol. The molecule has 6 rings (SSSR count). The molecule has 0 bridgehead atoms. The molecule has 0 aliphatic carbocycles. The minimum absolute atomic E-state index is 0.0934. The highest BCUT2D eigenvalue weighted by atomic mass is 32.1. The van der Waals surface area contributed by atoms with E-state index >= 15 is 0 Å². The second-order valence-corrected chi connectivity index (χ2v) is 11.8. The van der Waals surface area contributed by atoms with E-state index in [0.29, 0.717) is 0 Å². The number of hydrogen-bond acceptors (Lipinski definition) is 5. The molecule has 3 aromatic rings. The summed E-state index contributed by atoms with van der Waals surface area (Å²) >= 11 is 6.69. The minimum atomic E-state index is -0.459.